The molecule has 1 aromatic rings. The van der Waals surface area contributed by atoms with E-state index in [2.05, 4.69) is 49.1 Å². The number of rotatable bonds is 1. The minimum absolute atomic E-state index is 0. The van der Waals surface area contributed by atoms with Crippen molar-refractivity contribution in [2.45, 2.75) is 4.90 Å². The van der Waals surface area contributed by atoms with Crippen molar-refractivity contribution in [3.05, 3.63) is 30.3 Å². The summed E-state index contributed by atoms with van der Waals surface area (Å²) in [4.78, 5) is 1.48. The maximum absolute atomic E-state index is 10.7. The third-order valence-corrected chi connectivity index (χ3v) is 3.14. The Labute approximate surface area is 99.1 Å². The van der Waals surface area contributed by atoms with Gasteiger partial charge in [-0.15, -0.1) is 0 Å². The third kappa shape index (κ3) is 15.6. The summed E-state index contributed by atoms with van der Waals surface area (Å²) >= 11 is 0. The fraction of sp³-hybridized carbons (Fsp3) is 0.333. The number of hydrogen-bond donors (Lipinski definition) is 0. The number of benzene rings is 1. The van der Waals surface area contributed by atoms with E-state index in [-0.39, 0.29) is 1.43 Å². The van der Waals surface area contributed by atoms with Gasteiger partial charge in [-0.2, -0.15) is 0 Å². The van der Waals surface area contributed by atoms with Gasteiger partial charge >= 0.3 is 34.4 Å². The van der Waals surface area contributed by atoms with Crippen LogP contribution in [0.25, 0.3) is 0 Å². The quantitative estimate of drug-likeness (QED) is 0.425. The van der Waals surface area contributed by atoms with Crippen LogP contribution in [-0.4, -0.2) is 18.8 Å². The molecule has 0 aliphatic heterocycles. The Morgan fingerprint density at radius 1 is 0.824 bits per heavy atom. The van der Waals surface area contributed by atoms with E-state index < -0.39 is 17.8 Å². The van der Waals surface area contributed by atoms with Gasteiger partial charge < -0.3 is 0 Å². The molecule has 104 valence electrons. The van der Waals surface area contributed by atoms with Gasteiger partial charge in [-0.25, -0.2) is 10.0 Å². The van der Waals surface area contributed by atoms with Gasteiger partial charge in [0, 0.05) is 0 Å². The maximum atomic E-state index is 9.87. The normalized spacial score (nSPS) is 17.2. The molecule has 0 aromatic heterocycles. The second-order valence-electron chi connectivity index (χ2n) is 4.11. The fourth-order valence-electron chi connectivity index (χ4n) is 0.829. The van der Waals surface area contributed by atoms with Gasteiger partial charge in [0.05, 0.1) is 0 Å². The predicted octanol–water partition coefficient (Wildman–Crippen LogP) is 6.23. The van der Waals surface area contributed by atoms with Crippen LogP contribution in [0.4, 0.5) is 25.2 Å². The predicted molar refractivity (Wildman–Crippen MR) is 64.8 cm³/mol. The summed E-state index contributed by atoms with van der Waals surface area (Å²) in [5.74, 6) is 0. The largest absolute Gasteiger partial charge is 1.00 e. The molecule has 0 spiro atoms. The Hall–Kier alpha value is -0.420. The first kappa shape index (κ1) is 16.6. The molecule has 8 heteroatoms. The molecule has 1 rings (SSSR count). The molecule has 0 aliphatic rings. The maximum Gasteiger partial charge on any atom is 1.00 e. The molecule has 0 aliphatic carbocycles. The van der Waals surface area contributed by atoms with Gasteiger partial charge in [0.25, 0.3) is 0 Å². The van der Waals surface area contributed by atoms with Crippen LogP contribution in [0.5, 0.6) is 0 Å². The molecule has 17 heavy (non-hydrogen) atoms. The Morgan fingerprint density at radius 3 is 1.29 bits per heavy atom. The first-order valence-corrected chi connectivity index (χ1v) is 9.24. The molecular formula is C9H15F6PS. The molecule has 0 N–H and O–H groups in total. The van der Waals surface area contributed by atoms with Crippen LogP contribution in [0.3, 0.4) is 0 Å². The topological polar surface area (TPSA) is 0 Å². The molecule has 1 aromatic carbocycles. The van der Waals surface area contributed by atoms with E-state index in [4.69, 9.17) is 0 Å². The number of halogens is 6. The van der Waals surface area contributed by atoms with Crippen molar-refractivity contribution in [2.24, 2.45) is 0 Å². The smallest absolute Gasteiger partial charge is 1.00 e. The first-order valence-electron chi connectivity index (χ1n) is 4.35. The average molecular weight is 300 g/mol. The SMILES string of the molecule is CS(C)(C)c1ccccc1.F[P-](F)(F)(F)(F)F.[H+]. The zero-order chi connectivity index (χ0) is 14.0. The van der Waals surface area contributed by atoms with Gasteiger partial charge in [-0.1, -0.05) is 30.3 Å². The summed E-state index contributed by atoms with van der Waals surface area (Å²) in [6, 6.07) is 10.7. The van der Waals surface area contributed by atoms with E-state index in [9.17, 15) is 25.2 Å². The van der Waals surface area contributed by atoms with Crippen LogP contribution >= 0.6 is 17.8 Å². The minimum atomic E-state index is -10.7. The second kappa shape index (κ2) is 4.05. The Balaban J connectivity index is 0. The van der Waals surface area contributed by atoms with Crippen LogP contribution in [0.1, 0.15) is 1.43 Å². The Bertz CT molecular complexity index is 357. The van der Waals surface area contributed by atoms with E-state index in [1.807, 2.05) is 0 Å². The van der Waals surface area contributed by atoms with Crippen LogP contribution in [-0.2, 0) is 0 Å². The molecule has 0 saturated heterocycles. The van der Waals surface area contributed by atoms with Crippen molar-refractivity contribution >= 4 is 17.8 Å². The summed E-state index contributed by atoms with van der Waals surface area (Å²) in [7, 11) is -11.2. The van der Waals surface area contributed by atoms with Gasteiger partial charge in [0.1, 0.15) is 0 Å². The van der Waals surface area contributed by atoms with Gasteiger partial charge in [0.15, 0.2) is 0 Å². The van der Waals surface area contributed by atoms with Crippen LogP contribution in [0.2, 0.25) is 0 Å². The van der Waals surface area contributed by atoms with Gasteiger partial charge in [-0.05, 0) is 23.7 Å². The summed E-state index contributed by atoms with van der Waals surface area (Å²) in [5, 5.41) is 0. The summed E-state index contributed by atoms with van der Waals surface area (Å²) in [6.45, 7) is 0. The Morgan fingerprint density at radius 2 is 1.12 bits per heavy atom. The molecule has 0 radical (unpaired) electrons. The van der Waals surface area contributed by atoms with Crippen LogP contribution < -0.4 is 0 Å². The second-order valence-corrected chi connectivity index (χ2v) is 10.2. The molecule has 0 atom stereocenters. The molecular weight excluding hydrogens is 285 g/mol. The van der Waals surface area contributed by atoms with E-state index in [0.717, 1.165) is 0 Å². The summed E-state index contributed by atoms with van der Waals surface area (Å²) in [5.41, 5.74) is 0. The summed E-state index contributed by atoms with van der Waals surface area (Å²) in [6.07, 6.45) is 6.92. The standard InChI is InChI=1S/C9H14S.F6P/c1-10(2,3)9-7-5-4-6-8-9;1-7(2,3,4,5)6/h4-8H,1-3H3;/q;-1/p+1. The van der Waals surface area contributed by atoms with Crippen molar-refractivity contribution in [1.82, 2.24) is 0 Å². The fourth-order valence-corrected chi connectivity index (χ4v) is 1.80. The van der Waals surface area contributed by atoms with Crippen molar-refractivity contribution in [3.63, 3.8) is 0 Å². The van der Waals surface area contributed by atoms with Crippen LogP contribution in [0.15, 0.2) is 35.2 Å². The average Bonchev–Trinajstić information content (AvgIpc) is 1.98. The molecule has 0 amide bonds. The summed E-state index contributed by atoms with van der Waals surface area (Å²) < 4.78 is 59.2. The zero-order valence-electron chi connectivity index (χ0n) is 10.5. The number of hydrogen-bond acceptors (Lipinski definition) is 0. The van der Waals surface area contributed by atoms with E-state index in [1.54, 1.807) is 0 Å². The molecule has 0 fully saturated rings. The first-order chi connectivity index (χ1) is 7.05. The molecule has 0 nitrogen and oxygen atoms in total. The van der Waals surface area contributed by atoms with E-state index in [1.165, 1.54) is 4.90 Å². The van der Waals surface area contributed by atoms with Crippen molar-refractivity contribution in [2.75, 3.05) is 18.8 Å². The zero-order valence-corrected chi connectivity index (χ0v) is 11.2. The minimum Gasteiger partial charge on any atom is 1.00 e. The molecule has 0 heterocycles. The van der Waals surface area contributed by atoms with Crippen LogP contribution in [0, 0.1) is 0 Å². The molecule has 0 unspecified atom stereocenters. The third-order valence-electron chi connectivity index (χ3n) is 1.45. The molecule has 0 saturated carbocycles. The van der Waals surface area contributed by atoms with Crippen molar-refractivity contribution in [1.29, 1.82) is 0 Å². The van der Waals surface area contributed by atoms with Gasteiger partial charge in [-0.3, -0.25) is 0 Å². The molecule has 0 bridgehead atoms. The Kier molecular flexibility index (Phi) is 3.95. The van der Waals surface area contributed by atoms with Crippen molar-refractivity contribution in [3.8, 4) is 0 Å². The van der Waals surface area contributed by atoms with E-state index in [0.29, 0.717) is 0 Å². The van der Waals surface area contributed by atoms with Crippen molar-refractivity contribution < 1.29 is 26.6 Å². The van der Waals surface area contributed by atoms with Gasteiger partial charge in [0.2, 0.25) is 0 Å². The van der Waals surface area contributed by atoms with E-state index >= 15 is 0 Å². The monoisotopic (exact) mass is 300 g/mol.